The monoisotopic (exact) mass is 334 g/mol. The van der Waals surface area contributed by atoms with Crippen LogP contribution < -0.4 is 16.0 Å². The minimum Gasteiger partial charge on any atom is -0.496 e. The number of aliphatic hydroxyl groups is 2. The SMILES string of the molecule is COc1ccccc1-c1cn([C@H]2C[C@H](O)[C@@H](CO)O2)c(=O)[nH]c1=O. The van der Waals surface area contributed by atoms with Crippen molar-refractivity contribution in [3.8, 4) is 16.9 Å². The van der Waals surface area contributed by atoms with Crippen LogP contribution in [0.2, 0.25) is 0 Å². The van der Waals surface area contributed by atoms with Gasteiger partial charge in [0.05, 0.1) is 25.4 Å². The van der Waals surface area contributed by atoms with Gasteiger partial charge in [0.2, 0.25) is 0 Å². The predicted octanol–water partition coefficient (Wildman–Crippen LogP) is -0.147. The van der Waals surface area contributed by atoms with Crippen LogP contribution in [0.25, 0.3) is 11.1 Å². The predicted molar refractivity (Wildman–Crippen MR) is 84.9 cm³/mol. The first-order valence-electron chi connectivity index (χ1n) is 7.48. The second-order valence-electron chi connectivity index (χ2n) is 5.52. The van der Waals surface area contributed by atoms with Gasteiger partial charge in [-0.1, -0.05) is 18.2 Å². The molecule has 0 spiro atoms. The fraction of sp³-hybridized carbons (Fsp3) is 0.375. The zero-order valence-electron chi connectivity index (χ0n) is 13.0. The lowest BCUT2D eigenvalue weighted by Gasteiger charge is -2.16. The Morgan fingerprint density at radius 3 is 2.75 bits per heavy atom. The van der Waals surface area contributed by atoms with Crippen molar-refractivity contribution in [1.82, 2.24) is 9.55 Å². The Kier molecular flexibility index (Phi) is 4.52. The van der Waals surface area contributed by atoms with Gasteiger partial charge in [0.25, 0.3) is 5.56 Å². The van der Waals surface area contributed by atoms with Crippen molar-refractivity contribution in [2.45, 2.75) is 24.9 Å². The van der Waals surface area contributed by atoms with Crippen molar-refractivity contribution < 1.29 is 19.7 Å². The average Bonchev–Trinajstić information content (AvgIpc) is 2.95. The summed E-state index contributed by atoms with van der Waals surface area (Å²) in [6, 6.07) is 6.94. The summed E-state index contributed by atoms with van der Waals surface area (Å²) >= 11 is 0. The summed E-state index contributed by atoms with van der Waals surface area (Å²) in [5.74, 6) is 0.494. The van der Waals surface area contributed by atoms with Crippen LogP contribution in [0.4, 0.5) is 0 Å². The molecule has 3 N–H and O–H groups in total. The Labute approximate surface area is 136 Å². The number of hydrogen-bond donors (Lipinski definition) is 3. The van der Waals surface area contributed by atoms with Crippen LogP contribution in [-0.2, 0) is 4.74 Å². The van der Waals surface area contributed by atoms with Gasteiger partial charge in [0.1, 0.15) is 18.1 Å². The zero-order valence-corrected chi connectivity index (χ0v) is 13.0. The first-order valence-corrected chi connectivity index (χ1v) is 7.48. The molecular formula is C16H18N2O6. The van der Waals surface area contributed by atoms with Crippen molar-refractivity contribution in [2.75, 3.05) is 13.7 Å². The Bertz CT molecular complexity index is 843. The van der Waals surface area contributed by atoms with Gasteiger partial charge in [-0.05, 0) is 6.07 Å². The van der Waals surface area contributed by atoms with E-state index in [1.165, 1.54) is 17.9 Å². The molecule has 1 aromatic heterocycles. The highest BCUT2D eigenvalue weighted by atomic mass is 16.5. The highest BCUT2D eigenvalue weighted by Crippen LogP contribution is 2.30. The number of ether oxygens (including phenoxy) is 2. The van der Waals surface area contributed by atoms with Crippen molar-refractivity contribution in [3.63, 3.8) is 0 Å². The summed E-state index contributed by atoms with van der Waals surface area (Å²) in [6.07, 6.45) is -0.884. The molecule has 1 aromatic carbocycles. The summed E-state index contributed by atoms with van der Waals surface area (Å²) in [7, 11) is 1.49. The Morgan fingerprint density at radius 1 is 1.33 bits per heavy atom. The summed E-state index contributed by atoms with van der Waals surface area (Å²) in [5, 5.41) is 19.0. The maximum absolute atomic E-state index is 12.2. The molecule has 128 valence electrons. The van der Waals surface area contributed by atoms with Crippen LogP contribution in [0.5, 0.6) is 5.75 Å². The summed E-state index contributed by atoms with van der Waals surface area (Å²) < 4.78 is 12.0. The van der Waals surface area contributed by atoms with E-state index in [-0.39, 0.29) is 18.6 Å². The molecule has 1 aliphatic rings. The number of aromatic nitrogens is 2. The molecule has 1 saturated heterocycles. The van der Waals surface area contributed by atoms with Gasteiger partial charge in [0.15, 0.2) is 0 Å². The van der Waals surface area contributed by atoms with Crippen LogP contribution in [0.15, 0.2) is 40.1 Å². The van der Waals surface area contributed by atoms with E-state index in [0.717, 1.165) is 0 Å². The number of H-pyrrole nitrogens is 1. The fourth-order valence-corrected chi connectivity index (χ4v) is 2.81. The number of nitrogens with one attached hydrogen (secondary N) is 1. The molecule has 1 fully saturated rings. The van der Waals surface area contributed by atoms with E-state index < -0.39 is 29.7 Å². The number of para-hydroxylation sites is 1. The van der Waals surface area contributed by atoms with Gasteiger partial charge in [0, 0.05) is 18.2 Å². The van der Waals surface area contributed by atoms with Crippen LogP contribution >= 0.6 is 0 Å². The van der Waals surface area contributed by atoms with Crippen LogP contribution in [-0.4, -0.2) is 45.7 Å². The van der Waals surface area contributed by atoms with Gasteiger partial charge in [-0.2, -0.15) is 0 Å². The number of aromatic amines is 1. The van der Waals surface area contributed by atoms with Crippen LogP contribution in [0, 0.1) is 0 Å². The third kappa shape index (κ3) is 2.86. The standard InChI is InChI=1S/C16H18N2O6/c1-23-12-5-3-2-4-9(12)10-7-18(16(22)17-15(10)21)14-6-11(20)13(8-19)24-14/h2-5,7,11,13-14,19-20H,6,8H2,1H3,(H,17,21,22)/t11-,13+,14+/m0/s1. The summed E-state index contributed by atoms with van der Waals surface area (Å²) in [4.78, 5) is 26.6. The van der Waals surface area contributed by atoms with E-state index in [4.69, 9.17) is 14.6 Å². The fourth-order valence-electron chi connectivity index (χ4n) is 2.81. The number of aliphatic hydroxyl groups excluding tert-OH is 2. The van der Waals surface area contributed by atoms with Crippen molar-refractivity contribution >= 4 is 0 Å². The van der Waals surface area contributed by atoms with E-state index >= 15 is 0 Å². The smallest absolute Gasteiger partial charge is 0.330 e. The topological polar surface area (TPSA) is 114 Å². The van der Waals surface area contributed by atoms with Gasteiger partial charge in [-0.3, -0.25) is 14.3 Å². The van der Waals surface area contributed by atoms with Crippen molar-refractivity contribution in [3.05, 3.63) is 51.3 Å². The number of methoxy groups -OCH3 is 1. The van der Waals surface area contributed by atoms with E-state index in [0.29, 0.717) is 11.3 Å². The number of benzene rings is 1. The first kappa shape index (κ1) is 16.4. The molecule has 8 nitrogen and oxygen atoms in total. The lowest BCUT2D eigenvalue weighted by atomic mass is 10.1. The highest BCUT2D eigenvalue weighted by molar-refractivity contribution is 5.68. The van der Waals surface area contributed by atoms with Gasteiger partial charge in [-0.15, -0.1) is 0 Å². The molecule has 0 unspecified atom stereocenters. The molecule has 3 rings (SSSR count). The molecular weight excluding hydrogens is 316 g/mol. The second kappa shape index (κ2) is 6.60. The highest BCUT2D eigenvalue weighted by Gasteiger charge is 2.35. The van der Waals surface area contributed by atoms with Crippen LogP contribution in [0.3, 0.4) is 0 Å². The summed E-state index contributed by atoms with van der Waals surface area (Å²) in [6.45, 7) is -0.352. The Morgan fingerprint density at radius 2 is 2.08 bits per heavy atom. The molecule has 0 bridgehead atoms. The molecule has 1 aliphatic heterocycles. The largest absolute Gasteiger partial charge is 0.496 e. The molecule has 2 heterocycles. The van der Waals surface area contributed by atoms with Crippen LogP contribution in [0.1, 0.15) is 12.6 Å². The molecule has 8 heteroatoms. The summed E-state index contributed by atoms with van der Waals surface area (Å²) in [5.41, 5.74) is -0.405. The first-order chi connectivity index (χ1) is 11.5. The maximum atomic E-state index is 12.2. The molecule has 0 amide bonds. The molecule has 24 heavy (non-hydrogen) atoms. The average molecular weight is 334 g/mol. The van der Waals surface area contributed by atoms with Crippen molar-refractivity contribution in [1.29, 1.82) is 0 Å². The Balaban J connectivity index is 2.08. The van der Waals surface area contributed by atoms with Crippen molar-refractivity contribution in [2.24, 2.45) is 0 Å². The second-order valence-corrected chi connectivity index (χ2v) is 5.52. The van der Waals surface area contributed by atoms with Gasteiger partial charge in [-0.25, -0.2) is 4.79 Å². The number of nitrogens with zero attached hydrogens (tertiary/aromatic N) is 1. The zero-order chi connectivity index (χ0) is 17.3. The molecule has 0 aliphatic carbocycles. The number of rotatable bonds is 4. The minimum absolute atomic E-state index is 0.141. The van der Waals surface area contributed by atoms with E-state index in [1.54, 1.807) is 24.3 Å². The molecule has 3 atom stereocenters. The third-order valence-electron chi connectivity index (χ3n) is 4.06. The quantitative estimate of drug-likeness (QED) is 0.717. The molecule has 0 saturated carbocycles. The van der Waals surface area contributed by atoms with Gasteiger partial charge < -0.3 is 19.7 Å². The lowest BCUT2D eigenvalue weighted by molar-refractivity contribution is -0.0458. The number of hydrogen-bond acceptors (Lipinski definition) is 6. The van der Waals surface area contributed by atoms with E-state index in [2.05, 4.69) is 4.98 Å². The van der Waals surface area contributed by atoms with E-state index in [1.807, 2.05) is 0 Å². The third-order valence-corrected chi connectivity index (χ3v) is 4.06. The normalized spacial score (nSPS) is 23.4. The maximum Gasteiger partial charge on any atom is 0.330 e. The molecule has 0 radical (unpaired) electrons. The van der Waals surface area contributed by atoms with Gasteiger partial charge >= 0.3 is 5.69 Å². The Hall–Kier alpha value is -2.42. The lowest BCUT2D eigenvalue weighted by Crippen LogP contribution is -2.33. The minimum atomic E-state index is -0.881. The molecule has 2 aromatic rings. The van der Waals surface area contributed by atoms with E-state index in [9.17, 15) is 14.7 Å².